The maximum atomic E-state index is 6.20. The molecule has 86 valence electrons. The Bertz CT molecular complexity index is 539. The molecule has 0 spiro atoms. The van der Waals surface area contributed by atoms with Crippen molar-refractivity contribution in [2.45, 2.75) is 13.1 Å². The zero-order chi connectivity index (χ0) is 11.7. The lowest BCUT2D eigenvalue weighted by molar-refractivity contribution is -0.671. The van der Waals surface area contributed by atoms with Gasteiger partial charge in [0.1, 0.15) is 19.6 Å². The maximum Gasteiger partial charge on any atom is 0.277 e. The molecule has 0 fully saturated rings. The third kappa shape index (κ3) is 2.01. The first-order valence-electron chi connectivity index (χ1n) is 5.81. The summed E-state index contributed by atoms with van der Waals surface area (Å²) in [5, 5.41) is 0.849. The van der Waals surface area contributed by atoms with Crippen molar-refractivity contribution in [2.75, 3.05) is 11.4 Å². The van der Waals surface area contributed by atoms with E-state index >= 15 is 0 Å². The Hall–Kier alpha value is -1.54. The minimum Gasteiger partial charge on any atom is -0.253 e. The Morgan fingerprint density at radius 2 is 1.94 bits per heavy atom. The van der Waals surface area contributed by atoms with Crippen LogP contribution in [0.3, 0.4) is 0 Å². The summed E-state index contributed by atoms with van der Waals surface area (Å²) in [6.45, 7) is 2.99. The van der Waals surface area contributed by atoms with E-state index in [1.165, 1.54) is 11.4 Å². The first-order valence-corrected chi connectivity index (χ1v) is 6.19. The van der Waals surface area contributed by atoms with Crippen molar-refractivity contribution in [2.24, 2.45) is 0 Å². The summed E-state index contributed by atoms with van der Waals surface area (Å²) in [5.41, 5.74) is 1.19. The van der Waals surface area contributed by atoms with Gasteiger partial charge in [0.15, 0.2) is 0 Å². The Kier molecular flexibility index (Phi) is 2.73. The number of rotatable bonds is 2. The van der Waals surface area contributed by atoms with E-state index in [4.69, 9.17) is 11.6 Å². The molecule has 0 aliphatic carbocycles. The molecule has 3 rings (SSSR count). The van der Waals surface area contributed by atoms with E-state index in [1.54, 1.807) is 0 Å². The van der Waals surface area contributed by atoms with Crippen molar-refractivity contribution < 1.29 is 4.57 Å². The quantitative estimate of drug-likeness (QED) is 0.738. The molecular formula is C14H14ClN2+. The van der Waals surface area contributed by atoms with Crippen LogP contribution in [0.2, 0.25) is 5.02 Å². The van der Waals surface area contributed by atoms with Crippen LogP contribution >= 0.6 is 11.6 Å². The number of pyridine rings is 1. The van der Waals surface area contributed by atoms with Gasteiger partial charge in [0.2, 0.25) is 0 Å². The minimum atomic E-state index is 0.849. The fourth-order valence-electron chi connectivity index (χ4n) is 2.28. The molecule has 0 saturated heterocycles. The molecule has 0 saturated carbocycles. The molecule has 1 aromatic heterocycles. The molecule has 0 radical (unpaired) electrons. The molecule has 0 amide bonds. The van der Waals surface area contributed by atoms with Crippen molar-refractivity contribution in [3.8, 4) is 0 Å². The Morgan fingerprint density at radius 1 is 1.12 bits per heavy atom. The van der Waals surface area contributed by atoms with Crippen LogP contribution in [0.15, 0.2) is 48.7 Å². The summed E-state index contributed by atoms with van der Waals surface area (Å²) < 4.78 is 2.27. The maximum absolute atomic E-state index is 6.20. The first kappa shape index (κ1) is 10.6. The molecule has 2 aromatic rings. The van der Waals surface area contributed by atoms with Gasteiger partial charge >= 0.3 is 0 Å². The highest BCUT2D eigenvalue weighted by Gasteiger charge is 2.26. The molecule has 2 heterocycles. The predicted octanol–water partition coefficient (Wildman–Crippen LogP) is 2.65. The van der Waals surface area contributed by atoms with Crippen LogP contribution in [-0.4, -0.2) is 6.54 Å². The number of hydrogen-bond acceptors (Lipinski definition) is 1. The summed E-state index contributed by atoms with van der Waals surface area (Å²) >= 11 is 6.20. The number of anilines is 1. The average Bonchev–Trinajstić information content (AvgIpc) is 2.76. The van der Waals surface area contributed by atoms with Crippen molar-refractivity contribution in [3.63, 3.8) is 0 Å². The van der Waals surface area contributed by atoms with Crippen LogP contribution < -0.4 is 9.47 Å². The zero-order valence-electron chi connectivity index (χ0n) is 9.51. The van der Waals surface area contributed by atoms with Gasteiger partial charge in [0.05, 0.1) is 6.20 Å². The standard InChI is InChI=1S/C14H14ClN2/c15-13-6-2-1-5-12(13)11-17-10-9-16-8-4-3-7-14(16)17/h1-8H,9-11H2/q+1. The van der Waals surface area contributed by atoms with Crippen LogP contribution in [0.5, 0.6) is 0 Å². The van der Waals surface area contributed by atoms with Crippen molar-refractivity contribution in [3.05, 3.63) is 59.2 Å². The molecule has 3 heteroatoms. The fourth-order valence-corrected chi connectivity index (χ4v) is 2.47. The zero-order valence-corrected chi connectivity index (χ0v) is 10.3. The summed E-state index contributed by atoms with van der Waals surface area (Å²) in [6, 6.07) is 14.4. The van der Waals surface area contributed by atoms with Crippen molar-refractivity contribution in [1.29, 1.82) is 0 Å². The fraction of sp³-hybridized carbons (Fsp3) is 0.214. The van der Waals surface area contributed by atoms with Crippen LogP contribution in [0.1, 0.15) is 5.56 Å². The van der Waals surface area contributed by atoms with E-state index in [9.17, 15) is 0 Å². The molecule has 1 aromatic carbocycles. The normalized spacial score (nSPS) is 13.8. The van der Waals surface area contributed by atoms with E-state index in [2.05, 4.69) is 39.9 Å². The number of halogens is 1. The second kappa shape index (κ2) is 4.38. The predicted molar refractivity (Wildman–Crippen MR) is 69.1 cm³/mol. The van der Waals surface area contributed by atoms with E-state index in [1.807, 2.05) is 18.2 Å². The van der Waals surface area contributed by atoms with Gasteiger partial charge in [0, 0.05) is 16.7 Å². The Labute approximate surface area is 106 Å². The topological polar surface area (TPSA) is 7.12 Å². The van der Waals surface area contributed by atoms with Crippen LogP contribution in [0.25, 0.3) is 0 Å². The smallest absolute Gasteiger partial charge is 0.253 e. The minimum absolute atomic E-state index is 0.849. The largest absolute Gasteiger partial charge is 0.277 e. The number of nitrogens with zero attached hydrogens (tertiary/aromatic N) is 2. The third-order valence-corrected chi connectivity index (χ3v) is 3.54. The van der Waals surface area contributed by atoms with Crippen LogP contribution in [-0.2, 0) is 13.1 Å². The SMILES string of the molecule is Clc1ccccc1CN1CC[n+]2ccccc21. The summed E-state index contributed by atoms with van der Waals surface area (Å²) in [6.07, 6.45) is 2.13. The summed E-state index contributed by atoms with van der Waals surface area (Å²) in [4.78, 5) is 2.36. The third-order valence-electron chi connectivity index (χ3n) is 3.17. The van der Waals surface area contributed by atoms with Gasteiger partial charge in [-0.15, -0.1) is 0 Å². The van der Waals surface area contributed by atoms with Gasteiger partial charge in [-0.05, 0) is 12.1 Å². The van der Waals surface area contributed by atoms with E-state index in [0.29, 0.717) is 0 Å². The van der Waals surface area contributed by atoms with Crippen LogP contribution in [0.4, 0.5) is 5.82 Å². The highest BCUT2D eigenvalue weighted by atomic mass is 35.5. The van der Waals surface area contributed by atoms with E-state index < -0.39 is 0 Å². The molecule has 0 atom stereocenters. The first-order chi connectivity index (χ1) is 8.34. The van der Waals surface area contributed by atoms with E-state index in [-0.39, 0.29) is 0 Å². The van der Waals surface area contributed by atoms with Gasteiger partial charge in [0.25, 0.3) is 5.82 Å². The second-order valence-electron chi connectivity index (χ2n) is 4.27. The summed E-state index contributed by atoms with van der Waals surface area (Å²) in [5.74, 6) is 1.27. The molecule has 1 aliphatic rings. The molecule has 2 nitrogen and oxygen atoms in total. The molecule has 0 unspecified atom stereocenters. The van der Waals surface area contributed by atoms with Gasteiger partial charge in [-0.1, -0.05) is 35.9 Å². The molecule has 0 N–H and O–H groups in total. The van der Waals surface area contributed by atoms with Gasteiger partial charge in [-0.3, -0.25) is 4.90 Å². The van der Waals surface area contributed by atoms with Gasteiger partial charge in [-0.2, -0.15) is 0 Å². The Balaban J connectivity index is 1.87. The second-order valence-corrected chi connectivity index (χ2v) is 4.67. The molecular weight excluding hydrogens is 232 g/mol. The number of aromatic nitrogens is 1. The highest BCUT2D eigenvalue weighted by Crippen LogP contribution is 2.21. The lowest BCUT2D eigenvalue weighted by Crippen LogP contribution is -2.30. The lowest BCUT2D eigenvalue weighted by Gasteiger charge is -2.11. The van der Waals surface area contributed by atoms with Gasteiger partial charge in [-0.25, -0.2) is 4.57 Å². The average molecular weight is 246 g/mol. The Morgan fingerprint density at radius 3 is 2.82 bits per heavy atom. The van der Waals surface area contributed by atoms with Crippen LogP contribution in [0, 0.1) is 0 Å². The van der Waals surface area contributed by atoms with Gasteiger partial charge < -0.3 is 0 Å². The molecule has 17 heavy (non-hydrogen) atoms. The number of fused-ring (bicyclic) bond motifs is 1. The number of hydrogen-bond donors (Lipinski definition) is 0. The summed E-state index contributed by atoms with van der Waals surface area (Å²) in [7, 11) is 0. The van der Waals surface area contributed by atoms with E-state index in [0.717, 1.165) is 24.7 Å². The lowest BCUT2D eigenvalue weighted by atomic mass is 10.2. The highest BCUT2D eigenvalue weighted by molar-refractivity contribution is 6.31. The molecule has 1 aliphatic heterocycles. The van der Waals surface area contributed by atoms with Crippen molar-refractivity contribution >= 4 is 17.4 Å². The molecule has 0 bridgehead atoms. The monoisotopic (exact) mass is 245 g/mol. The number of benzene rings is 1. The van der Waals surface area contributed by atoms with Crippen molar-refractivity contribution in [1.82, 2.24) is 0 Å².